The minimum atomic E-state index is -0.951. The van der Waals surface area contributed by atoms with E-state index in [9.17, 15) is 23.5 Å². The molecule has 2 aromatic rings. The van der Waals surface area contributed by atoms with Crippen molar-refractivity contribution in [1.82, 2.24) is 10.6 Å². The summed E-state index contributed by atoms with van der Waals surface area (Å²) in [6.07, 6.45) is 0.449. The Kier molecular flexibility index (Phi) is 6.14. The highest BCUT2D eigenvalue weighted by Gasteiger charge is 2.50. The number of ether oxygens (including phenoxy) is 2. The van der Waals surface area contributed by atoms with Gasteiger partial charge in [-0.2, -0.15) is 0 Å². The van der Waals surface area contributed by atoms with Crippen LogP contribution in [0, 0.1) is 11.6 Å². The molecule has 3 aliphatic carbocycles. The molecule has 2 amide bonds. The molecule has 2 aromatic carbocycles. The van der Waals surface area contributed by atoms with Gasteiger partial charge in [0.1, 0.15) is 23.1 Å². The second-order valence-corrected chi connectivity index (χ2v) is 9.58. The van der Waals surface area contributed by atoms with Gasteiger partial charge in [-0.1, -0.05) is 11.6 Å². The maximum absolute atomic E-state index is 13.5. The third kappa shape index (κ3) is 4.83. The summed E-state index contributed by atoms with van der Waals surface area (Å²) in [5.41, 5.74) is 1.42. The minimum absolute atomic E-state index is 0.0381. The number of aryl methyl sites for hydroxylation is 1. The van der Waals surface area contributed by atoms with Gasteiger partial charge in [-0.3, -0.25) is 9.59 Å². The molecule has 1 heterocycles. The first-order valence-electron chi connectivity index (χ1n) is 11.3. The second-order valence-electron chi connectivity index (χ2n) is 9.17. The van der Waals surface area contributed by atoms with Gasteiger partial charge in [-0.25, -0.2) is 8.78 Å². The molecule has 2 bridgehead atoms. The SMILES string of the molecule is O=C(COc1ccc(Cl)c(F)c1)NC12CC(=C(NC(=O)[C@H]3CCc4cc(F)ccc4O3)[C@@H](O)C1)C2. The summed E-state index contributed by atoms with van der Waals surface area (Å²) in [6.45, 7) is -0.314. The summed E-state index contributed by atoms with van der Waals surface area (Å²) in [5.74, 6) is -1.09. The van der Waals surface area contributed by atoms with Crippen molar-refractivity contribution in [2.75, 3.05) is 6.61 Å². The Bertz CT molecular complexity index is 1230. The highest BCUT2D eigenvalue weighted by molar-refractivity contribution is 6.30. The summed E-state index contributed by atoms with van der Waals surface area (Å²) in [6, 6.07) is 8.11. The van der Waals surface area contributed by atoms with E-state index in [4.69, 9.17) is 21.1 Å². The third-order valence-electron chi connectivity index (χ3n) is 6.59. The Morgan fingerprint density at radius 3 is 2.74 bits per heavy atom. The Morgan fingerprint density at radius 1 is 1.20 bits per heavy atom. The predicted octanol–water partition coefficient (Wildman–Crippen LogP) is 3.17. The zero-order valence-electron chi connectivity index (χ0n) is 18.6. The monoisotopic (exact) mass is 504 g/mol. The van der Waals surface area contributed by atoms with Crippen LogP contribution in [0.5, 0.6) is 11.5 Å². The summed E-state index contributed by atoms with van der Waals surface area (Å²) in [7, 11) is 0. The highest BCUT2D eigenvalue weighted by Crippen LogP contribution is 2.48. The van der Waals surface area contributed by atoms with Crippen molar-refractivity contribution in [2.45, 2.75) is 49.9 Å². The first-order valence-corrected chi connectivity index (χ1v) is 11.6. The van der Waals surface area contributed by atoms with E-state index in [1.807, 2.05) is 0 Å². The topological polar surface area (TPSA) is 96.9 Å². The molecular formula is C25H23ClF2N2O5. The van der Waals surface area contributed by atoms with Gasteiger partial charge in [0, 0.05) is 18.2 Å². The van der Waals surface area contributed by atoms with Crippen molar-refractivity contribution >= 4 is 23.4 Å². The van der Waals surface area contributed by atoms with Crippen LogP contribution in [0.15, 0.2) is 47.7 Å². The number of nitrogens with one attached hydrogen (secondary N) is 2. The zero-order valence-corrected chi connectivity index (χ0v) is 19.3. The number of carbonyl (C=O) groups excluding carboxylic acids is 2. The second kappa shape index (κ2) is 9.13. The number of amides is 2. The fraction of sp³-hybridized carbons (Fsp3) is 0.360. The largest absolute Gasteiger partial charge is 0.484 e. The molecule has 1 saturated carbocycles. The fourth-order valence-electron chi connectivity index (χ4n) is 4.92. The van der Waals surface area contributed by atoms with Crippen LogP contribution in [0.2, 0.25) is 5.02 Å². The number of aliphatic hydroxyl groups is 1. The first-order chi connectivity index (χ1) is 16.7. The van der Waals surface area contributed by atoms with Crippen molar-refractivity contribution in [1.29, 1.82) is 0 Å². The van der Waals surface area contributed by atoms with Gasteiger partial charge in [0.2, 0.25) is 0 Å². The summed E-state index contributed by atoms with van der Waals surface area (Å²) in [4.78, 5) is 25.2. The van der Waals surface area contributed by atoms with E-state index >= 15 is 0 Å². The van der Waals surface area contributed by atoms with Crippen LogP contribution < -0.4 is 20.1 Å². The lowest BCUT2D eigenvalue weighted by Gasteiger charge is -2.51. The molecular weight excluding hydrogens is 482 g/mol. The molecule has 0 spiro atoms. The molecule has 0 aromatic heterocycles. The number of rotatable bonds is 6. The van der Waals surface area contributed by atoms with Gasteiger partial charge in [0.15, 0.2) is 12.7 Å². The Balaban J connectivity index is 1.15. The van der Waals surface area contributed by atoms with Crippen molar-refractivity contribution < 1.29 is 33.0 Å². The summed E-state index contributed by atoms with van der Waals surface area (Å²) in [5, 5.41) is 16.3. The molecule has 4 aliphatic rings. The van der Waals surface area contributed by atoms with Gasteiger partial charge in [-0.05, 0) is 67.2 Å². The van der Waals surface area contributed by atoms with E-state index in [0.29, 0.717) is 37.1 Å². The molecule has 0 unspecified atom stereocenters. The highest BCUT2D eigenvalue weighted by atomic mass is 35.5. The fourth-order valence-corrected chi connectivity index (χ4v) is 5.04. The van der Waals surface area contributed by atoms with Crippen molar-refractivity contribution in [3.63, 3.8) is 0 Å². The number of carbonyl (C=O) groups is 2. The molecule has 0 saturated heterocycles. The predicted molar refractivity (Wildman–Crippen MR) is 122 cm³/mol. The lowest BCUT2D eigenvalue weighted by Crippen LogP contribution is -2.62. The molecule has 184 valence electrons. The molecule has 6 rings (SSSR count). The normalized spacial score (nSPS) is 24.6. The Morgan fingerprint density at radius 2 is 2.00 bits per heavy atom. The summed E-state index contributed by atoms with van der Waals surface area (Å²) < 4.78 is 38.0. The van der Waals surface area contributed by atoms with Crippen LogP contribution in [-0.2, 0) is 16.0 Å². The van der Waals surface area contributed by atoms with Crippen LogP contribution in [0.25, 0.3) is 0 Å². The van der Waals surface area contributed by atoms with E-state index < -0.39 is 29.5 Å². The summed E-state index contributed by atoms with van der Waals surface area (Å²) >= 11 is 5.64. The number of hydrogen-bond acceptors (Lipinski definition) is 5. The minimum Gasteiger partial charge on any atom is -0.484 e. The van der Waals surface area contributed by atoms with Crippen LogP contribution in [0.3, 0.4) is 0 Å². The van der Waals surface area contributed by atoms with Gasteiger partial charge >= 0.3 is 0 Å². The van der Waals surface area contributed by atoms with E-state index in [1.54, 1.807) is 0 Å². The zero-order chi connectivity index (χ0) is 24.7. The molecule has 1 aliphatic heterocycles. The Hall–Kier alpha value is -3.17. The van der Waals surface area contributed by atoms with Crippen molar-refractivity contribution in [3.05, 3.63) is 69.9 Å². The number of halogens is 3. The quantitative estimate of drug-likeness (QED) is 0.561. The molecule has 3 N–H and O–H groups in total. The maximum atomic E-state index is 13.5. The standard InChI is InChI=1S/C25H23ClF2N2O5/c26-17-4-3-16(8-18(17)28)34-12-22(32)30-25-9-14(10-25)23(19(31)11-25)29-24(33)21-5-1-13-7-15(27)2-6-20(13)35-21/h2-4,6-8,19,21,31H,1,5,9-12H2,(H,29,33)(H,30,32)/t19-,21+/m0/s1. The van der Waals surface area contributed by atoms with Crippen molar-refractivity contribution in [3.8, 4) is 11.5 Å². The lowest BCUT2D eigenvalue weighted by atomic mass is 9.63. The molecule has 2 atom stereocenters. The van der Waals surface area contributed by atoms with Gasteiger partial charge in [0.25, 0.3) is 11.8 Å². The van der Waals surface area contributed by atoms with Crippen LogP contribution in [0.4, 0.5) is 8.78 Å². The molecule has 35 heavy (non-hydrogen) atoms. The van der Waals surface area contributed by atoms with Gasteiger partial charge in [-0.15, -0.1) is 0 Å². The van der Waals surface area contributed by atoms with Crippen LogP contribution >= 0.6 is 11.6 Å². The van der Waals surface area contributed by atoms with E-state index in [1.165, 1.54) is 30.3 Å². The number of hydrogen-bond donors (Lipinski definition) is 3. The van der Waals surface area contributed by atoms with Gasteiger partial charge in [0.05, 0.1) is 16.7 Å². The van der Waals surface area contributed by atoms with E-state index in [2.05, 4.69) is 10.6 Å². The van der Waals surface area contributed by atoms with E-state index in [0.717, 1.165) is 17.2 Å². The van der Waals surface area contributed by atoms with Gasteiger partial charge < -0.3 is 25.2 Å². The van der Waals surface area contributed by atoms with Crippen LogP contribution in [-0.4, -0.2) is 41.3 Å². The molecule has 1 fully saturated rings. The molecule has 7 nitrogen and oxygen atoms in total. The first kappa shape index (κ1) is 23.6. The number of aliphatic hydroxyl groups excluding tert-OH is 1. The average Bonchev–Trinajstić information content (AvgIpc) is 2.80. The van der Waals surface area contributed by atoms with E-state index in [-0.39, 0.29) is 35.5 Å². The number of benzene rings is 2. The molecule has 10 heteroatoms. The Labute approximate surface area is 205 Å². The van der Waals surface area contributed by atoms with Crippen molar-refractivity contribution in [2.24, 2.45) is 0 Å². The average molecular weight is 505 g/mol. The molecule has 0 radical (unpaired) electrons. The number of fused-ring (bicyclic) bond motifs is 3. The smallest absolute Gasteiger partial charge is 0.265 e. The maximum Gasteiger partial charge on any atom is 0.265 e. The lowest BCUT2D eigenvalue weighted by molar-refractivity contribution is -0.129. The third-order valence-corrected chi connectivity index (χ3v) is 6.89. The van der Waals surface area contributed by atoms with Crippen LogP contribution in [0.1, 0.15) is 31.2 Å².